The highest BCUT2D eigenvalue weighted by Crippen LogP contribution is 2.60. The highest BCUT2D eigenvalue weighted by Gasteiger charge is 2.55. The van der Waals surface area contributed by atoms with E-state index in [1.165, 1.54) is 0 Å². The van der Waals surface area contributed by atoms with Crippen molar-refractivity contribution in [3.8, 4) is 0 Å². The van der Waals surface area contributed by atoms with Crippen LogP contribution in [0.25, 0.3) is 0 Å². The van der Waals surface area contributed by atoms with E-state index in [4.69, 9.17) is 0 Å². The standard InChI is InChI=1S/C16H24O3/c1-10-5-6-15(3)11(2)7-12(17)8-13(15)16(10,4)9-14(18)19/h7,10,13H,5-6,8-9H2,1-4H3,(H,18,19)/t10-,13+,15+,16+/m1/s1. The summed E-state index contributed by atoms with van der Waals surface area (Å²) in [6, 6.07) is 0. The molecule has 2 rings (SSSR count). The van der Waals surface area contributed by atoms with Crippen molar-refractivity contribution < 1.29 is 14.7 Å². The molecular weight excluding hydrogens is 240 g/mol. The number of allylic oxidation sites excluding steroid dienone is 2. The van der Waals surface area contributed by atoms with Gasteiger partial charge in [0.1, 0.15) is 0 Å². The van der Waals surface area contributed by atoms with Gasteiger partial charge in [0.15, 0.2) is 5.78 Å². The van der Waals surface area contributed by atoms with Gasteiger partial charge in [-0.2, -0.15) is 0 Å². The molecule has 1 N–H and O–H groups in total. The fourth-order valence-electron chi connectivity index (χ4n) is 4.31. The van der Waals surface area contributed by atoms with Crippen LogP contribution in [0.1, 0.15) is 53.4 Å². The molecule has 0 aromatic heterocycles. The van der Waals surface area contributed by atoms with E-state index < -0.39 is 5.97 Å². The number of fused-ring (bicyclic) bond motifs is 1. The number of hydrogen-bond donors (Lipinski definition) is 1. The molecule has 0 heterocycles. The molecule has 4 atom stereocenters. The van der Waals surface area contributed by atoms with Gasteiger partial charge in [0.05, 0.1) is 6.42 Å². The van der Waals surface area contributed by atoms with Crippen molar-refractivity contribution in [3.63, 3.8) is 0 Å². The fourth-order valence-corrected chi connectivity index (χ4v) is 4.31. The van der Waals surface area contributed by atoms with Gasteiger partial charge in [0, 0.05) is 6.42 Å². The summed E-state index contributed by atoms with van der Waals surface area (Å²) in [5.41, 5.74) is 0.839. The van der Waals surface area contributed by atoms with Gasteiger partial charge in [0.25, 0.3) is 0 Å². The molecule has 19 heavy (non-hydrogen) atoms. The number of carbonyl (C=O) groups excluding carboxylic acids is 1. The van der Waals surface area contributed by atoms with Crippen LogP contribution in [-0.2, 0) is 9.59 Å². The Hall–Kier alpha value is -1.12. The third-order valence-corrected chi connectivity index (χ3v) is 6.00. The molecule has 0 saturated heterocycles. The lowest BCUT2D eigenvalue weighted by Gasteiger charge is -2.57. The molecule has 0 unspecified atom stereocenters. The smallest absolute Gasteiger partial charge is 0.303 e. The van der Waals surface area contributed by atoms with Gasteiger partial charge < -0.3 is 5.11 Å². The Balaban J connectivity index is 2.46. The number of rotatable bonds is 2. The number of carboxylic acids is 1. The summed E-state index contributed by atoms with van der Waals surface area (Å²) in [5.74, 6) is -0.0957. The second kappa shape index (κ2) is 4.46. The molecule has 1 saturated carbocycles. The molecule has 3 nitrogen and oxygen atoms in total. The lowest BCUT2D eigenvalue weighted by molar-refractivity contribution is -0.147. The van der Waals surface area contributed by atoms with Crippen LogP contribution in [0.4, 0.5) is 0 Å². The molecule has 0 amide bonds. The molecular formula is C16H24O3. The summed E-state index contributed by atoms with van der Waals surface area (Å²) in [6.07, 6.45) is 4.53. The Morgan fingerprint density at radius 2 is 2.11 bits per heavy atom. The first-order valence-electron chi connectivity index (χ1n) is 7.13. The van der Waals surface area contributed by atoms with E-state index >= 15 is 0 Å². The number of ketones is 1. The zero-order valence-electron chi connectivity index (χ0n) is 12.3. The number of carbonyl (C=O) groups is 2. The Bertz CT molecular complexity index is 451. The van der Waals surface area contributed by atoms with Crippen LogP contribution in [0.3, 0.4) is 0 Å². The van der Waals surface area contributed by atoms with E-state index in [1.807, 2.05) is 6.92 Å². The number of carboxylic acid groups (broad SMARTS) is 1. The first kappa shape index (κ1) is 14.3. The summed E-state index contributed by atoms with van der Waals surface area (Å²) < 4.78 is 0. The predicted octanol–water partition coefficient (Wildman–Crippen LogP) is 3.44. The van der Waals surface area contributed by atoms with E-state index in [1.54, 1.807) is 6.08 Å². The van der Waals surface area contributed by atoms with Gasteiger partial charge in [-0.1, -0.05) is 26.3 Å². The first-order chi connectivity index (χ1) is 8.70. The van der Waals surface area contributed by atoms with Crippen LogP contribution in [0.15, 0.2) is 11.6 Å². The minimum absolute atomic E-state index is 0.00931. The molecule has 0 aliphatic heterocycles. The van der Waals surface area contributed by atoms with Crippen molar-refractivity contribution in [3.05, 3.63) is 11.6 Å². The zero-order chi connectivity index (χ0) is 14.4. The van der Waals surface area contributed by atoms with E-state index in [0.717, 1.165) is 18.4 Å². The van der Waals surface area contributed by atoms with Crippen LogP contribution in [-0.4, -0.2) is 16.9 Å². The van der Waals surface area contributed by atoms with Crippen LogP contribution < -0.4 is 0 Å². The SMILES string of the molecule is CC1=CC(=O)C[C@@H]2[C@@](C)(CC(=O)O)[C@H](C)CC[C@@]12C. The van der Waals surface area contributed by atoms with Gasteiger partial charge in [-0.15, -0.1) is 0 Å². The average molecular weight is 264 g/mol. The Labute approximate surface area is 115 Å². The van der Waals surface area contributed by atoms with E-state index in [9.17, 15) is 14.7 Å². The largest absolute Gasteiger partial charge is 0.481 e. The highest BCUT2D eigenvalue weighted by atomic mass is 16.4. The molecule has 2 aliphatic rings. The minimum atomic E-state index is -0.752. The van der Waals surface area contributed by atoms with Crippen molar-refractivity contribution in [2.45, 2.75) is 53.4 Å². The first-order valence-corrected chi connectivity index (χ1v) is 7.13. The maximum atomic E-state index is 11.9. The molecule has 0 spiro atoms. The van der Waals surface area contributed by atoms with Crippen LogP contribution >= 0.6 is 0 Å². The van der Waals surface area contributed by atoms with E-state index in [2.05, 4.69) is 20.8 Å². The quantitative estimate of drug-likeness (QED) is 0.831. The van der Waals surface area contributed by atoms with Crippen LogP contribution in [0.2, 0.25) is 0 Å². The third-order valence-electron chi connectivity index (χ3n) is 6.00. The second-order valence-electron chi connectivity index (χ2n) is 6.98. The summed E-state index contributed by atoms with van der Waals surface area (Å²) in [7, 11) is 0. The van der Waals surface area contributed by atoms with Gasteiger partial charge in [-0.3, -0.25) is 9.59 Å². The van der Waals surface area contributed by atoms with Crippen molar-refractivity contribution in [2.24, 2.45) is 22.7 Å². The Kier molecular flexibility index (Phi) is 3.36. The van der Waals surface area contributed by atoms with E-state index in [-0.39, 0.29) is 29.0 Å². The summed E-state index contributed by atoms with van der Waals surface area (Å²) >= 11 is 0. The topological polar surface area (TPSA) is 54.4 Å². The Morgan fingerprint density at radius 1 is 1.47 bits per heavy atom. The number of hydrogen-bond acceptors (Lipinski definition) is 2. The van der Waals surface area contributed by atoms with Crippen molar-refractivity contribution in [2.75, 3.05) is 0 Å². The summed E-state index contributed by atoms with van der Waals surface area (Å²) in [4.78, 5) is 23.2. The molecule has 1 fully saturated rings. The molecule has 0 radical (unpaired) electrons. The van der Waals surface area contributed by atoms with Crippen molar-refractivity contribution in [1.29, 1.82) is 0 Å². The molecule has 0 aromatic carbocycles. The van der Waals surface area contributed by atoms with Gasteiger partial charge in [0.2, 0.25) is 0 Å². The van der Waals surface area contributed by atoms with Gasteiger partial charge >= 0.3 is 5.97 Å². The normalized spacial score (nSPS) is 42.5. The third kappa shape index (κ3) is 2.13. The molecule has 106 valence electrons. The average Bonchev–Trinajstić information content (AvgIpc) is 2.28. The maximum Gasteiger partial charge on any atom is 0.303 e. The van der Waals surface area contributed by atoms with Gasteiger partial charge in [-0.05, 0) is 48.5 Å². The number of aliphatic carboxylic acids is 1. The lowest BCUT2D eigenvalue weighted by Crippen LogP contribution is -2.51. The van der Waals surface area contributed by atoms with Crippen molar-refractivity contribution >= 4 is 11.8 Å². The monoisotopic (exact) mass is 264 g/mol. The second-order valence-corrected chi connectivity index (χ2v) is 6.98. The van der Waals surface area contributed by atoms with Gasteiger partial charge in [-0.25, -0.2) is 0 Å². The predicted molar refractivity (Wildman–Crippen MR) is 73.7 cm³/mol. The van der Waals surface area contributed by atoms with E-state index in [0.29, 0.717) is 12.3 Å². The Morgan fingerprint density at radius 3 is 2.68 bits per heavy atom. The molecule has 0 bridgehead atoms. The zero-order valence-corrected chi connectivity index (χ0v) is 12.3. The minimum Gasteiger partial charge on any atom is -0.481 e. The summed E-state index contributed by atoms with van der Waals surface area (Å²) in [6.45, 7) is 8.45. The molecule has 0 aromatic rings. The van der Waals surface area contributed by atoms with Crippen LogP contribution in [0.5, 0.6) is 0 Å². The van der Waals surface area contributed by atoms with Crippen LogP contribution in [0, 0.1) is 22.7 Å². The fraction of sp³-hybridized carbons (Fsp3) is 0.750. The lowest BCUT2D eigenvalue weighted by atomic mass is 9.47. The maximum absolute atomic E-state index is 11.9. The molecule has 2 aliphatic carbocycles. The summed E-state index contributed by atoms with van der Waals surface area (Å²) in [5, 5.41) is 9.26. The molecule has 3 heteroatoms. The van der Waals surface area contributed by atoms with Crippen molar-refractivity contribution in [1.82, 2.24) is 0 Å². The highest BCUT2D eigenvalue weighted by molar-refractivity contribution is 5.92.